The summed E-state index contributed by atoms with van der Waals surface area (Å²) in [6.45, 7) is 4.56. The van der Waals surface area contributed by atoms with Crippen LogP contribution in [-0.2, 0) is 13.3 Å². The van der Waals surface area contributed by atoms with Crippen molar-refractivity contribution in [3.63, 3.8) is 0 Å². The number of terminal acetylenes is 1. The highest BCUT2D eigenvalue weighted by Gasteiger charge is 2.43. The summed E-state index contributed by atoms with van der Waals surface area (Å²) >= 11 is 0. The first-order valence-electron chi connectivity index (χ1n) is 4.97. The third kappa shape index (κ3) is 2.60. The summed E-state index contributed by atoms with van der Waals surface area (Å²) in [5.74, 6) is 4.83. The number of nitrogens with zero attached hydrogens (tertiary/aromatic N) is 1. The average Bonchev–Trinajstić information content (AvgIpc) is 2.14. The average molecular weight is 223 g/mol. The van der Waals surface area contributed by atoms with E-state index in [4.69, 9.17) is 19.7 Å². The fraction of sp³-hybridized carbons (Fsp3) is 0.600. The smallest absolute Gasteiger partial charge is 0.363 e. The molecule has 4 nitrogen and oxygen atoms in total. The molecule has 0 aliphatic carbocycles. The molecule has 3 heterocycles. The monoisotopic (exact) mass is 223 g/mol. The van der Waals surface area contributed by atoms with Crippen molar-refractivity contribution in [2.75, 3.05) is 39.5 Å². The van der Waals surface area contributed by atoms with Gasteiger partial charge in [-0.1, -0.05) is 0 Å². The Bertz CT molecular complexity index is 301. The Kier molecular flexibility index (Phi) is 3.42. The summed E-state index contributed by atoms with van der Waals surface area (Å²) in [5.41, 5.74) is 2.85. The van der Waals surface area contributed by atoms with Crippen molar-refractivity contribution >= 4 is 8.80 Å². The SMILES string of the molecule is C#CC#C[Si]12OCCN(CCO1)CCO2. The van der Waals surface area contributed by atoms with Crippen LogP contribution in [0.1, 0.15) is 0 Å². The van der Waals surface area contributed by atoms with Crippen molar-refractivity contribution in [3.05, 3.63) is 0 Å². The second kappa shape index (κ2) is 4.80. The summed E-state index contributed by atoms with van der Waals surface area (Å²) in [5, 5.41) is 0. The molecule has 0 atom stereocenters. The maximum atomic E-state index is 5.63. The summed E-state index contributed by atoms with van der Waals surface area (Å²) in [7, 11) is -2.78. The van der Waals surface area contributed by atoms with Gasteiger partial charge in [-0.15, -0.1) is 6.42 Å². The van der Waals surface area contributed by atoms with Crippen molar-refractivity contribution in [1.29, 1.82) is 0 Å². The van der Waals surface area contributed by atoms with E-state index in [-0.39, 0.29) is 0 Å². The Morgan fingerprint density at radius 1 is 1.00 bits per heavy atom. The third-order valence-corrected chi connectivity index (χ3v) is 4.57. The largest absolute Gasteiger partial charge is 0.592 e. The van der Waals surface area contributed by atoms with Crippen LogP contribution in [0.4, 0.5) is 0 Å². The first-order chi connectivity index (χ1) is 7.35. The molecule has 5 heteroatoms. The highest BCUT2D eigenvalue weighted by molar-refractivity contribution is 6.69. The summed E-state index contributed by atoms with van der Waals surface area (Å²) in [6.07, 6.45) is 5.10. The maximum Gasteiger partial charge on any atom is 0.592 e. The number of rotatable bonds is 0. The zero-order valence-corrected chi connectivity index (χ0v) is 9.49. The highest BCUT2D eigenvalue weighted by Crippen LogP contribution is 2.14. The van der Waals surface area contributed by atoms with E-state index in [2.05, 4.69) is 22.3 Å². The predicted molar refractivity (Wildman–Crippen MR) is 56.7 cm³/mol. The highest BCUT2D eigenvalue weighted by atomic mass is 28.4. The van der Waals surface area contributed by atoms with Crippen LogP contribution in [0.5, 0.6) is 0 Å². The molecule has 2 bridgehead atoms. The summed E-state index contributed by atoms with van der Waals surface area (Å²) < 4.78 is 16.9. The molecule has 0 aromatic rings. The molecule has 0 spiro atoms. The van der Waals surface area contributed by atoms with Crippen LogP contribution in [-0.4, -0.2) is 53.2 Å². The van der Waals surface area contributed by atoms with E-state index >= 15 is 0 Å². The molecule has 0 amide bonds. The van der Waals surface area contributed by atoms with Gasteiger partial charge in [0.05, 0.1) is 19.8 Å². The van der Waals surface area contributed by atoms with Crippen LogP contribution < -0.4 is 0 Å². The molecule has 3 saturated heterocycles. The lowest BCUT2D eigenvalue weighted by atomic mass is 10.4. The minimum absolute atomic E-state index is 0.603. The molecule has 0 aromatic heterocycles. The van der Waals surface area contributed by atoms with Gasteiger partial charge < -0.3 is 13.3 Å². The Labute approximate surface area is 90.9 Å². The third-order valence-electron chi connectivity index (χ3n) is 2.39. The van der Waals surface area contributed by atoms with E-state index in [1.54, 1.807) is 0 Å². The minimum Gasteiger partial charge on any atom is -0.363 e. The minimum atomic E-state index is -2.78. The molecule has 3 fully saturated rings. The van der Waals surface area contributed by atoms with Crippen LogP contribution in [0.2, 0.25) is 0 Å². The molecule has 3 aliphatic rings. The van der Waals surface area contributed by atoms with E-state index in [1.807, 2.05) is 0 Å². The van der Waals surface area contributed by atoms with E-state index in [0.29, 0.717) is 19.8 Å². The molecule has 0 saturated carbocycles. The second-order valence-corrected chi connectivity index (χ2v) is 5.57. The molecule has 0 aromatic carbocycles. The maximum absolute atomic E-state index is 5.63. The lowest BCUT2D eigenvalue weighted by Crippen LogP contribution is -2.54. The molecule has 3 aliphatic heterocycles. The fourth-order valence-corrected chi connectivity index (χ4v) is 3.38. The molecule has 0 unspecified atom stereocenters. The van der Waals surface area contributed by atoms with Crippen LogP contribution in [0.3, 0.4) is 0 Å². The molecule has 0 N–H and O–H groups in total. The van der Waals surface area contributed by atoms with Gasteiger partial charge in [-0.25, -0.2) is 0 Å². The molecule has 0 radical (unpaired) electrons. The molecular weight excluding hydrogens is 210 g/mol. The van der Waals surface area contributed by atoms with E-state index < -0.39 is 8.80 Å². The summed E-state index contributed by atoms with van der Waals surface area (Å²) in [6, 6.07) is 0. The lowest BCUT2D eigenvalue weighted by molar-refractivity contribution is 0.00215. The lowest BCUT2D eigenvalue weighted by Gasteiger charge is -2.35. The molecule has 3 rings (SSSR count). The second-order valence-electron chi connectivity index (χ2n) is 3.34. The number of hydrogen-bond acceptors (Lipinski definition) is 4. The fourth-order valence-electron chi connectivity index (χ4n) is 1.61. The van der Waals surface area contributed by atoms with E-state index in [0.717, 1.165) is 19.6 Å². The van der Waals surface area contributed by atoms with E-state index in [9.17, 15) is 0 Å². The Morgan fingerprint density at radius 3 is 2.00 bits per heavy atom. The van der Waals surface area contributed by atoms with Gasteiger partial charge in [0.1, 0.15) is 0 Å². The topological polar surface area (TPSA) is 30.9 Å². The van der Waals surface area contributed by atoms with Crippen molar-refractivity contribution < 1.29 is 13.3 Å². The van der Waals surface area contributed by atoms with Crippen molar-refractivity contribution in [3.8, 4) is 23.8 Å². The number of hydrogen-bond donors (Lipinski definition) is 0. The number of fused-ring (bicyclic) bond motifs is 6. The van der Waals surface area contributed by atoms with Gasteiger partial charge >= 0.3 is 8.80 Å². The van der Waals surface area contributed by atoms with E-state index in [1.165, 1.54) is 0 Å². The zero-order chi connectivity index (χ0) is 10.6. The normalized spacial score (nSPS) is 35.3. The van der Waals surface area contributed by atoms with Gasteiger partial charge in [0.15, 0.2) is 0 Å². The van der Waals surface area contributed by atoms with Crippen LogP contribution in [0.15, 0.2) is 0 Å². The van der Waals surface area contributed by atoms with Crippen LogP contribution >= 0.6 is 0 Å². The Balaban J connectivity index is 2.16. The molecular formula is C10H13NO3Si. The van der Waals surface area contributed by atoms with Gasteiger partial charge in [0.2, 0.25) is 0 Å². The van der Waals surface area contributed by atoms with Gasteiger partial charge in [0.25, 0.3) is 0 Å². The van der Waals surface area contributed by atoms with Crippen molar-refractivity contribution in [1.82, 2.24) is 4.90 Å². The quantitative estimate of drug-likeness (QED) is 0.408. The van der Waals surface area contributed by atoms with Gasteiger partial charge in [-0.05, 0) is 17.4 Å². The zero-order valence-electron chi connectivity index (χ0n) is 8.49. The van der Waals surface area contributed by atoms with Crippen molar-refractivity contribution in [2.45, 2.75) is 0 Å². The Hall–Kier alpha value is -0.823. The first kappa shape index (κ1) is 10.7. The van der Waals surface area contributed by atoms with Gasteiger partial charge in [-0.2, -0.15) is 0 Å². The standard InChI is InChI=1S/C10H13NO3Si/c1-2-3-10-15-12-7-4-11(5-8-13-15)6-9-14-15/h1H,4-9H2. The van der Waals surface area contributed by atoms with Crippen LogP contribution in [0, 0.1) is 23.8 Å². The summed E-state index contributed by atoms with van der Waals surface area (Å²) in [4.78, 5) is 2.26. The molecule has 15 heavy (non-hydrogen) atoms. The first-order valence-corrected chi connectivity index (χ1v) is 6.69. The molecule has 80 valence electrons. The Morgan fingerprint density at radius 2 is 1.53 bits per heavy atom. The predicted octanol–water partition coefficient (Wildman–Crippen LogP) is -0.520. The van der Waals surface area contributed by atoms with Gasteiger partial charge in [0, 0.05) is 19.6 Å². The van der Waals surface area contributed by atoms with Gasteiger partial charge in [-0.3, -0.25) is 4.90 Å². The van der Waals surface area contributed by atoms with Crippen LogP contribution in [0.25, 0.3) is 0 Å². The van der Waals surface area contributed by atoms with Crippen molar-refractivity contribution in [2.24, 2.45) is 0 Å².